The van der Waals surface area contributed by atoms with E-state index in [4.69, 9.17) is 9.40 Å². The second kappa shape index (κ2) is 11.0. The molecule has 0 aliphatic rings. The summed E-state index contributed by atoms with van der Waals surface area (Å²) in [7, 11) is 0. The first-order valence-electron chi connectivity index (χ1n) is 14.8. The number of oxazole rings is 1. The number of fused-ring (bicyclic) bond motifs is 3. The van der Waals surface area contributed by atoms with E-state index in [1.165, 1.54) is 22.3 Å². The lowest BCUT2D eigenvalue weighted by Crippen LogP contribution is -2.09. The van der Waals surface area contributed by atoms with E-state index in [0.29, 0.717) is 5.89 Å². The zero-order valence-corrected chi connectivity index (χ0v) is 24.0. The molecule has 0 radical (unpaired) electrons. The van der Waals surface area contributed by atoms with Gasteiger partial charge in [-0.15, -0.1) is 0 Å². The molecule has 208 valence electrons. The lowest BCUT2D eigenvalue weighted by molar-refractivity contribution is 0.620. The molecule has 0 unspecified atom stereocenters. The van der Waals surface area contributed by atoms with Crippen molar-refractivity contribution in [1.29, 1.82) is 0 Å². The molecule has 0 spiro atoms. The van der Waals surface area contributed by atoms with Gasteiger partial charge in [-0.1, -0.05) is 115 Å². The van der Waals surface area contributed by atoms with Crippen LogP contribution < -0.4 is 4.90 Å². The Morgan fingerprint density at radius 1 is 0.386 bits per heavy atom. The Hall–Kier alpha value is -5.93. The molecule has 1 heterocycles. The summed E-state index contributed by atoms with van der Waals surface area (Å²) in [5.74, 6) is 0.619. The Morgan fingerprint density at radius 3 is 1.39 bits per heavy atom. The van der Waals surface area contributed by atoms with E-state index in [2.05, 4.69) is 144 Å². The number of aromatic nitrogens is 1. The number of rotatable bonds is 6. The third-order valence-corrected chi connectivity index (χ3v) is 8.12. The molecule has 0 fully saturated rings. The largest absolute Gasteiger partial charge is 0.436 e. The van der Waals surface area contributed by atoms with Gasteiger partial charge in [0.2, 0.25) is 5.89 Å². The summed E-state index contributed by atoms with van der Waals surface area (Å²) < 4.78 is 6.22. The molecule has 3 heteroatoms. The van der Waals surface area contributed by atoms with Gasteiger partial charge in [0, 0.05) is 28.0 Å². The zero-order chi connectivity index (χ0) is 29.3. The molecule has 7 aromatic carbocycles. The average Bonchev–Trinajstić information content (AvgIpc) is 3.55. The average molecular weight is 565 g/mol. The molecule has 44 heavy (non-hydrogen) atoms. The SMILES string of the molecule is c1ccc(-c2ccc(N(c3ccc(-c4ccccc4)cc3)c3ccc(-c4nc5c(ccc6ccccc65)o4)cc3)cc2)cc1. The molecule has 0 aliphatic carbocycles. The van der Waals surface area contributed by atoms with Crippen LogP contribution in [0, 0.1) is 0 Å². The highest BCUT2D eigenvalue weighted by Crippen LogP contribution is 2.38. The molecular formula is C41H28N2O. The Balaban J connectivity index is 1.17. The number of hydrogen-bond acceptors (Lipinski definition) is 3. The van der Waals surface area contributed by atoms with Gasteiger partial charge in [0.15, 0.2) is 5.58 Å². The minimum Gasteiger partial charge on any atom is -0.436 e. The molecule has 0 N–H and O–H groups in total. The summed E-state index contributed by atoms with van der Waals surface area (Å²) in [5.41, 5.74) is 10.6. The van der Waals surface area contributed by atoms with E-state index in [1.807, 2.05) is 30.3 Å². The number of anilines is 3. The maximum atomic E-state index is 6.22. The van der Waals surface area contributed by atoms with Gasteiger partial charge in [0.1, 0.15) is 5.52 Å². The first kappa shape index (κ1) is 25.8. The summed E-state index contributed by atoms with van der Waals surface area (Å²) in [5, 5.41) is 2.25. The molecule has 0 atom stereocenters. The molecule has 0 amide bonds. The maximum absolute atomic E-state index is 6.22. The van der Waals surface area contributed by atoms with Crippen molar-refractivity contribution in [2.75, 3.05) is 4.90 Å². The van der Waals surface area contributed by atoms with Crippen molar-refractivity contribution in [2.24, 2.45) is 0 Å². The lowest BCUT2D eigenvalue weighted by atomic mass is 10.0. The molecule has 0 aliphatic heterocycles. The van der Waals surface area contributed by atoms with Crippen molar-refractivity contribution < 1.29 is 4.42 Å². The number of benzene rings is 7. The molecule has 3 nitrogen and oxygen atoms in total. The highest BCUT2D eigenvalue weighted by atomic mass is 16.3. The van der Waals surface area contributed by atoms with Crippen LogP contribution in [0.3, 0.4) is 0 Å². The molecule has 0 saturated heterocycles. The Kier molecular flexibility index (Phi) is 6.47. The fraction of sp³-hybridized carbons (Fsp3) is 0. The minimum absolute atomic E-state index is 0.619. The third-order valence-electron chi connectivity index (χ3n) is 8.12. The predicted octanol–water partition coefficient (Wildman–Crippen LogP) is 11.5. The second-order valence-corrected chi connectivity index (χ2v) is 10.9. The molecule has 8 rings (SSSR count). The molecule has 0 bridgehead atoms. The first-order chi connectivity index (χ1) is 21.8. The van der Waals surface area contributed by atoms with Crippen LogP contribution in [0.2, 0.25) is 0 Å². The minimum atomic E-state index is 0.619. The topological polar surface area (TPSA) is 29.3 Å². The standard InChI is InChI=1S/C41H28N2O/c1-3-9-29(10-4-1)31-15-22-35(23-16-31)43(36-24-17-32(18-25-36)30-11-5-2-6-12-30)37-26-19-34(20-27-37)41-42-40-38-14-8-7-13-33(38)21-28-39(40)44-41/h1-28H. The fourth-order valence-electron chi connectivity index (χ4n) is 5.85. The number of nitrogens with zero attached hydrogens (tertiary/aromatic N) is 2. The quantitative estimate of drug-likeness (QED) is 0.201. The van der Waals surface area contributed by atoms with Gasteiger partial charge in [0.05, 0.1) is 0 Å². The maximum Gasteiger partial charge on any atom is 0.227 e. The van der Waals surface area contributed by atoms with Crippen molar-refractivity contribution in [3.05, 3.63) is 170 Å². The molecule has 1 aromatic heterocycles. The summed E-state index contributed by atoms with van der Waals surface area (Å²) in [6, 6.07) is 59.3. The van der Waals surface area contributed by atoms with E-state index >= 15 is 0 Å². The molecule has 8 aromatic rings. The Bertz CT molecular complexity index is 2100. The third kappa shape index (κ3) is 4.81. The van der Waals surface area contributed by atoms with Crippen molar-refractivity contribution in [3.63, 3.8) is 0 Å². The van der Waals surface area contributed by atoms with Gasteiger partial charge in [-0.2, -0.15) is 0 Å². The first-order valence-corrected chi connectivity index (χ1v) is 14.8. The van der Waals surface area contributed by atoms with Crippen molar-refractivity contribution in [1.82, 2.24) is 4.98 Å². The zero-order valence-electron chi connectivity index (χ0n) is 24.0. The second-order valence-electron chi connectivity index (χ2n) is 10.9. The van der Waals surface area contributed by atoms with Gasteiger partial charge in [-0.25, -0.2) is 4.98 Å². The van der Waals surface area contributed by atoms with E-state index < -0.39 is 0 Å². The van der Waals surface area contributed by atoms with Crippen LogP contribution >= 0.6 is 0 Å². The summed E-state index contributed by atoms with van der Waals surface area (Å²) in [4.78, 5) is 7.18. The normalized spacial score (nSPS) is 11.2. The van der Waals surface area contributed by atoms with Gasteiger partial charge in [-0.05, 0) is 82.2 Å². The van der Waals surface area contributed by atoms with Crippen LogP contribution in [0.25, 0.3) is 55.6 Å². The summed E-state index contributed by atoms with van der Waals surface area (Å²) >= 11 is 0. The summed E-state index contributed by atoms with van der Waals surface area (Å²) in [6.45, 7) is 0. The highest BCUT2D eigenvalue weighted by Gasteiger charge is 2.16. The summed E-state index contributed by atoms with van der Waals surface area (Å²) in [6.07, 6.45) is 0. The Morgan fingerprint density at radius 2 is 0.841 bits per heavy atom. The van der Waals surface area contributed by atoms with Crippen LogP contribution in [0.1, 0.15) is 0 Å². The van der Waals surface area contributed by atoms with Crippen LogP contribution in [0.5, 0.6) is 0 Å². The van der Waals surface area contributed by atoms with E-state index in [0.717, 1.165) is 44.5 Å². The van der Waals surface area contributed by atoms with Gasteiger partial charge < -0.3 is 9.32 Å². The van der Waals surface area contributed by atoms with Crippen molar-refractivity contribution >= 4 is 38.9 Å². The van der Waals surface area contributed by atoms with Gasteiger partial charge in [0.25, 0.3) is 0 Å². The van der Waals surface area contributed by atoms with Gasteiger partial charge >= 0.3 is 0 Å². The highest BCUT2D eigenvalue weighted by molar-refractivity contribution is 6.04. The van der Waals surface area contributed by atoms with Crippen molar-refractivity contribution in [2.45, 2.75) is 0 Å². The van der Waals surface area contributed by atoms with Crippen molar-refractivity contribution in [3.8, 4) is 33.7 Å². The van der Waals surface area contributed by atoms with Crippen LogP contribution in [-0.2, 0) is 0 Å². The van der Waals surface area contributed by atoms with Crippen LogP contribution in [0.15, 0.2) is 174 Å². The smallest absolute Gasteiger partial charge is 0.227 e. The van der Waals surface area contributed by atoms with Crippen LogP contribution in [0.4, 0.5) is 17.1 Å². The van der Waals surface area contributed by atoms with E-state index in [-0.39, 0.29) is 0 Å². The molecule has 0 saturated carbocycles. The van der Waals surface area contributed by atoms with Crippen LogP contribution in [-0.4, -0.2) is 4.98 Å². The van der Waals surface area contributed by atoms with E-state index in [9.17, 15) is 0 Å². The monoisotopic (exact) mass is 564 g/mol. The Labute approximate surface area is 256 Å². The number of hydrogen-bond donors (Lipinski definition) is 0. The molecular weight excluding hydrogens is 536 g/mol. The fourth-order valence-corrected chi connectivity index (χ4v) is 5.85. The van der Waals surface area contributed by atoms with E-state index in [1.54, 1.807) is 0 Å². The predicted molar refractivity (Wildman–Crippen MR) is 183 cm³/mol. The van der Waals surface area contributed by atoms with Gasteiger partial charge in [-0.3, -0.25) is 0 Å². The lowest BCUT2D eigenvalue weighted by Gasteiger charge is -2.26.